The molecule has 1 heterocycles. The van der Waals surface area contributed by atoms with Gasteiger partial charge in [-0.05, 0) is 44.7 Å². The second-order valence-corrected chi connectivity index (χ2v) is 5.37. The largest absolute Gasteiger partial charge is 0.380 e. The van der Waals surface area contributed by atoms with E-state index in [2.05, 4.69) is 24.1 Å². The Bertz CT molecular complexity index is 177. The molecule has 0 unspecified atom stereocenters. The van der Waals surface area contributed by atoms with Crippen molar-refractivity contribution in [2.45, 2.75) is 33.6 Å². The highest BCUT2D eigenvalue weighted by atomic mass is 16.5. The molecule has 1 aliphatic rings. The first kappa shape index (κ1) is 14.9. The fourth-order valence-electron chi connectivity index (χ4n) is 2.49. The molecule has 0 aromatic heterocycles. The lowest BCUT2D eigenvalue weighted by Crippen LogP contribution is -2.39. The summed E-state index contributed by atoms with van der Waals surface area (Å²) in [7, 11) is 0. The van der Waals surface area contributed by atoms with Gasteiger partial charge in [-0.25, -0.2) is 0 Å². The average Bonchev–Trinajstić information content (AvgIpc) is 2.34. The Hall–Kier alpha value is -0.120. The van der Waals surface area contributed by atoms with Crippen molar-refractivity contribution in [2.24, 2.45) is 11.8 Å². The Balaban J connectivity index is 1.95. The van der Waals surface area contributed by atoms with Crippen LogP contribution in [0.5, 0.6) is 0 Å². The Morgan fingerprint density at radius 3 is 2.53 bits per heavy atom. The standard InChI is InChI=1S/C14H30N2O/c1-4-17-12-8-15-7-11-16-9-5-14(6-10-16)13(2)3/h13-15H,4-12H2,1-3H3. The molecule has 0 atom stereocenters. The second kappa shape index (κ2) is 8.90. The van der Waals surface area contributed by atoms with Gasteiger partial charge in [0, 0.05) is 26.2 Å². The Labute approximate surface area is 107 Å². The van der Waals surface area contributed by atoms with E-state index >= 15 is 0 Å². The van der Waals surface area contributed by atoms with Crippen molar-refractivity contribution in [2.75, 3.05) is 45.9 Å². The maximum Gasteiger partial charge on any atom is 0.0590 e. The van der Waals surface area contributed by atoms with Crippen molar-refractivity contribution in [1.29, 1.82) is 0 Å². The van der Waals surface area contributed by atoms with Crippen molar-refractivity contribution < 1.29 is 4.74 Å². The van der Waals surface area contributed by atoms with Crippen molar-refractivity contribution in [3.8, 4) is 0 Å². The SMILES string of the molecule is CCOCCNCCN1CCC(C(C)C)CC1. The molecule has 0 saturated carbocycles. The molecular weight excluding hydrogens is 212 g/mol. The van der Waals surface area contributed by atoms with Crippen LogP contribution in [0.25, 0.3) is 0 Å². The molecule has 0 amide bonds. The molecular formula is C14H30N2O. The number of nitrogens with one attached hydrogen (secondary N) is 1. The van der Waals surface area contributed by atoms with E-state index in [1.54, 1.807) is 0 Å². The molecule has 1 N–H and O–H groups in total. The number of nitrogens with zero attached hydrogens (tertiary/aromatic N) is 1. The molecule has 0 aromatic carbocycles. The molecule has 0 spiro atoms. The number of hydrogen-bond donors (Lipinski definition) is 1. The number of ether oxygens (including phenoxy) is 1. The van der Waals surface area contributed by atoms with Gasteiger partial charge in [-0.2, -0.15) is 0 Å². The van der Waals surface area contributed by atoms with Crippen molar-refractivity contribution in [3.05, 3.63) is 0 Å². The zero-order chi connectivity index (χ0) is 12.5. The predicted octanol–water partition coefficient (Wildman–Crippen LogP) is 1.98. The molecule has 3 nitrogen and oxygen atoms in total. The summed E-state index contributed by atoms with van der Waals surface area (Å²) in [6.07, 6.45) is 2.77. The van der Waals surface area contributed by atoms with Crippen LogP contribution in [0.4, 0.5) is 0 Å². The lowest BCUT2D eigenvalue weighted by molar-refractivity contribution is 0.142. The van der Waals surface area contributed by atoms with Crippen LogP contribution in [0.3, 0.4) is 0 Å². The molecule has 1 fully saturated rings. The molecule has 0 aromatic rings. The van der Waals surface area contributed by atoms with Crippen LogP contribution in [0.1, 0.15) is 33.6 Å². The first-order valence-corrected chi connectivity index (χ1v) is 7.24. The maximum absolute atomic E-state index is 5.29. The first-order valence-electron chi connectivity index (χ1n) is 7.24. The molecule has 1 saturated heterocycles. The van der Waals surface area contributed by atoms with Crippen LogP contribution in [-0.4, -0.2) is 50.8 Å². The Morgan fingerprint density at radius 2 is 1.94 bits per heavy atom. The lowest BCUT2D eigenvalue weighted by Gasteiger charge is -2.33. The monoisotopic (exact) mass is 242 g/mol. The third kappa shape index (κ3) is 6.39. The number of rotatable bonds is 8. The van der Waals surface area contributed by atoms with Crippen LogP contribution in [0, 0.1) is 11.8 Å². The summed E-state index contributed by atoms with van der Waals surface area (Å²) < 4.78 is 5.29. The molecule has 3 heteroatoms. The maximum atomic E-state index is 5.29. The van der Waals surface area contributed by atoms with E-state index in [-0.39, 0.29) is 0 Å². The number of hydrogen-bond acceptors (Lipinski definition) is 3. The zero-order valence-electron chi connectivity index (χ0n) is 11.9. The van der Waals surface area contributed by atoms with E-state index < -0.39 is 0 Å². The summed E-state index contributed by atoms with van der Waals surface area (Å²) in [5.41, 5.74) is 0. The summed E-state index contributed by atoms with van der Waals surface area (Å²) in [5.74, 6) is 1.82. The highest BCUT2D eigenvalue weighted by molar-refractivity contribution is 4.74. The van der Waals surface area contributed by atoms with Gasteiger partial charge < -0.3 is 15.0 Å². The molecule has 0 bridgehead atoms. The fourth-order valence-corrected chi connectivity index (χ4v) is 2.49. The smallest absolute Gasteiger partial charge is 0.0590 e. The van der Waals surface area contributed by atoms with Gasteiger partial charge in [0.2, 0.25) is 0 Å². The van der Waals surface area contributed by atoms with E-state index in [1.807, 2.05) is 6.92 Å². The average molecular weight is 242 g/mol. The second-order valence-electron chi connectivity index (χ2n) is 5.37. The molecule has 0 radical (unpaired) electrons. The zero-order valence-corrected chi connectivity index (χ0v) is 11.9. The molecule has 0 aliphatic carbocycles. The summed E-state index contributed by atoms with van der Waals surface area (Å²) in [6.45, 7) is 14.3. The Kier molecular flexibility index (Phi) is 7.82. The summed E-state index contributed by atoms with van der Waals surface area (Å²) >= 11 is 0. The van der Waals surface area contributed by atoms with Gasteiger partial charge in [0.1, 0.15) is 0 Å². The van der Waals surface area contributed by atoms with E-state index in [0.29, 0.717) is 0 Å². The van der Waals surface area contributed by atoms with E-state index in [9.17, 15) is 0 Å². The van der Waals surface area contributed by atoms with E-state index in [0.717, 1.165) is 38.1 Å². The topological polar surface area (TPSA) is 24.5 Å². The minimum absolute atomic E-state index is 0.824. The van der Waals surface area contributed by atoms with Gasteiger partial charge >= 0.3 is 0 Å². The van der Waals surface area contributed by atoms with Crippen LogP contribution >= 0.6 is 0 Å². The quantitative estimate of drug-likeness (QED) is 0.659. The molecule has 17 heavy (non-hydrogen) atoms. The summed E-state index contributed by atoms with van der Waals surface area (Å²) in [6, 6.07) is 0. The number of piperidine rings is 1. The highest BCUT2D eigenvalue weighted by Crippen LogP contribution is 2.23. The highest BCUT2D eigenvalue weighted by Gasteiger charge is 2.20. The first-order chi connectivity index (χ1) is 8.24. The van der Waals surface area contributed by atoms with Gasteiger partial charge in [-0.1, -0.05) is 13.8 Å². The van der Waals surface area contributed by atoms with Crippen LogP contribution in [0.2, 0.25) is 0 Å². The predicted molar refractivity (Wildman–Crippen MR) is 73.4 cm³/mol. The van der Waals surface area contributed by atoms with E-state index in [4.69, 9.17) is 4.74 Å². The van der Waals surface area contributed by atoms with Crippen molar-refractivity contribution in [3.63, 3.8) is 0 Å². The van der Waals surface area contributed by atoms with Gasteiger partial charge in [0.25, 0.3) is 0 Å². The molecule has 1 rings (SSSR count). The van der Waals surface area contributed by atoms with E-state index in [1.165, 1.54) is 32.5 Å². The van der Waals surface area contributed by atoms with Crippen molar-refractivity contribution in [1.82, 2.24) is 10.2 Å². The number of likely N-dealkylation sites (tertiary alicyclic amines) is 1. The minimum atomic E-state index is 0.824. The van der Waals surface area contributed by atoms with Gasteiger partial charge in [0.05, 0.1) is 6.61 Å². The fraction of sp³-hybridized carbons (Fsp3) is 1.00. The third-order valence-corrected chi connectivity index (χ3v) is 3.81. The normalized spacial score (nSPS) is 19.1. The van der Waals surface area contributed by atoms with Crippen molar-refractivity contribution >= 4 is 0 Å². The van der Waals surface area contributed by atoms with Gasteiger partial charge in [-0.15, -0.1) is 0 Å². The van der Waals surface area contributed by atoms with Crippen LogP contribution in [0.15, 0.2) is 0 Å². The van der Waals surface area contributed by atoms with Gasteiger partial charge in [-0.3, -0.25) is 0 Å². The van der Waals surface area contributed by atoms with Gasteiger partial charge in [0.15, 0.2) is 0 Å². The Morgan fingerprint density at radius 1 is 1.24 bits per heavy atom. The molecule has 102 valence electrons. The third-order valence-electron chi connectivity index (χ3n) is 3.81. The van der Waals surface area contributed by atoms with Crippen LogP contribution < -0.4 is 5.32 Å². The lowest BCUT2D eigenvalue weighted by atomic mass is 9.87. The summed E-state index contributed by atoms with van der Waals surface area (Å²) in [4.78, 5) is 2.59. The minimum Gasteiger partial charge on any atom is -0.380 e. The van der Waals surface area contributed by atoms with Crippen LogP contribution in [-0.2, 0) is 4.74 Å². The molecule has 1 aliphatic heterocycles. The summed E-state index contributed by atoms with van der Waals surface area (Å²) in [5, 5.41) is 3.43.